The van der Waals surface area contributed by atoms with Gasteiger partial charge < -0.3 is 0 Å². The first-order valence-electron chi connectivity index (χ1n) is 7.17. The van der Waals surface area contributed by atoms with Crippen LogP contribution >= 0.6 is 0 Å². The second kappa shape index (κ2) is 6.99. The Balaban J connectivity index is 1.84. The highest BCUT2D eigenvalue weighted by atomic mass is 32.2. The van der Waals surface area contributed by atoms with Crippen LogP contribution in [0.2, 0.25) is 0 Å². The van der Waals surface area contributed by atoms with Gasteiger partial charge in [-0.3, -0.25) is 10.1 Å². The third kappa shape index (κ3) is 4.24. The number of piperidine rings is 1. The maximum absolute atomic E-state index is 12.1. The highest BCUT2D eigenvalue weighted by Gasteiger charge is 2.30. The summed E-state index contributed by atoms with van der Waals surface area (Å²) in [6.07, 6.45) is 3.92. The SMILES string of the molecule is CCCCS(=O)(=O)N1CCC(C(=O)Nc2ncn[nH]2)CC1. The van der Waals surface area contributed by atoms with E-state index in [1.807, 2.05) is 6.92 Å². The van der Waals surface area contributed by atoms with Crippen LogP contribution < -0.4 is 5.32 Å². The van der Waals surface area contributed by atoms with Crippen LogP contribution in [0.3, 0.4) is 0 Å². The minimum absolute atomic E-state index is 0.141. The van der Waals surface area contributed by atoms with Crippen molar-refractivity contribution in [3.05, 3.63) is 6.33 Å². The molecule has 2 heterocycles. The number of aromatic nitrogens is 3. The van der Waals surface area contributed by atoms with E-state index in [1.54, 1.807) is 0 Å². The largest absolute Gasteiger partial charge is 0.295 e. The minimum atomic E-state index is -3.17. The third-order valence-corrected chi connectivity index (χ3v) is 5.59. The molecular weight excluding hydrogens is 294 g/mol. The van der Waals surface area contributed by atoms with Gasteiger partial charge in [0.1, 0.15) is 6.33 Å². The summed E-state index contributed by atoms with van der Waals surface area (Å²) in [5.41, 5.74) is 0. The molecule has 2 N–H and O–H groups in total. The molecule has 0 saturated carbocycles. The number of unbranched alkanes of at least 4 members (excludes halogenated alkanes) is 1. The zero-order valence-corrected chi connectivity index (χ0v) is 12.9. The number of rotatable bonds is 6. The summed E-state index contributed by atoms with van der Waals surface area (Å²) < 4.78 is 25.7. The molecule has 118 valence electrons. The fraction of sp³-hybridized carbons (Fsp3) is 0.750. The van der Waals surface area contributed by atoms with Gasteiger partial charge in [-0.25, -0.2) is 17.8 Å². The standard InChI is InChI=1S/C12H21N5O3S/c1-2-3-8-21(19,20)17-6-4-10(5-7-17)11(18)15-12-13-9-14-16-12/h9-10H,2-8H2,1H3,(H2,13,14,15,16,18). The topological polar surface area (TPSA) is 108 Å². The van der Waals surface area contributed by atoms with Gasteiger partial charge in [0.2, 0.25) is 21.9 Å². The lowest BCUT2D eigenvalue weighted by Gasteiger charge is -2.30. The molecule has 1 aliphatic rings. The van der Waals surface area contributed by atoms with Crippen LogP contribution in [0.1, 0.15) is 32.6 Å². The maximum atomic E-state index is 12.1. The van der Waals surface area contributed by atoms with Crippen LogP contribution in [0.15, 0.2) is 6.33 Å². The van der Waals surface area contributed by atoms with E-state index in [4.69, 9.17) is 0 Å². The predicted octanol–water partition coefficient (Wildman–Crippen LogP) is 0.585. The molecule has 1 aliphatic heterocycles. The summed E-state index contributed by atoms with van der Waals surface area (Å²) in [5.74, 6) is 0.182. The molecule has 0 bridgehead atoms. The maximum Gasteiger partial charge on any atom is 0.229 e. The molecule has 0 radical (unpaired) electrons. The van der Waals surface area contributed by atoms with Crippen molar-refractivity contribution in [1.82, 2.24) is 19.5 Å². The Labute approximate surface area is 124 Å². The van der Waals surface area contributed by atoms with E-state index >= 15 is 0 Å². The van der Waals surface area contributed by atoms with Gasteiger partial charge in [-0.2, -0.15) is 10.1 Å². The normalized spacial score (nSPS) is 17.8. The minimum Gasteiger partial charge on any atom is -0.295 e. The Morgan fingerprint density at radius 3 is 2.76 bits per heavy atom. The predicted molar refractivity (Wildman–Crippen MR) is 78.0 cm³/mol. The number of nitrogens with one attached hydrogen (secondary N) is 2. The number of carbonyl (C=O) groups excluding carboxylic acids is 1. The number of nitrogens with zero attached hydrogens (tertiary/aromatic N) is 3. The summed E-state index contributed by atoms with van der Waals surface area (Å²) in [5, 5.41) is 8.86. The summed E-state index contributed by atoms with van der Waals surface area (Å²) in [6, 6.07) is 0. The Hall–Kier alpha value is -1.48. The molecule has 9 heteroatoms. The number of anilines is 1. The van der Waals surface area contributed by atoms with Crippen molar-refractivity contribution in [2.45, 2.75) is 32.6 Å². The first-order chi connectivity index (χ1) is 10.0. The number of H-pyrrole nitrogens is 1. The molecule has 1 aromatic rings. The van der Waals surface area contributed by atoms with E-state index in [-0.39, 0.29) is 17.6 Å². The molecule has 8 nitrogen and oxygen atoms in total. The molecule has 0 unspecified atom stereocenters. The van der Waals surface area contributed by atoms with E-state index in [1.165, 1.54) is 10.6 Å². The summed E-state index contributed by atoms with van der Waals surface area (Å²) in [6.45, 7) is 2.77. The average Bonchev–Trinajstić information content (AvgIpc) is 2.98. The van der Waals surface area contributed by atoms with E-state index in [9.17, 15) is 13.2 Å². The van der Waals surface area contributed by atoms with Gasteiger partial charge in [-0.15, -0.1) is 0 Å². The number of aromatic amines is 1. The van der Waals surface area contributed by atoms with Crippen LogP contribution in [-0.2, 0) is 14.8 Å². The molecule has 2 rings (SSSR count). The van der Waals surface area contributed by atoms with Crippen molar-refractivity contribution in [1.29, 1.82) is 0 Å². The lowest BCUT2D eigenvalue weighted by atomic mass is 9.97. The Bertz CT molecular complexity index is 549. The second-order valence-corrected chi connectivity index (χ2v) is 7.25. The summed E-state index contributed by atoms with van der Waals surface area (Å²) in [7, 11) is -3.17. The monoisotopic (exact) mass is 315 g/mol. The van der Waals surface area contributed by atoms with Crippen LogP contribution in [0.25, 0.3) is 0 Å². The Morgan fingerprint density at radius 2 is 2.19 bits per heavy atom. The molecule has 1 saturated heterocycles. The van der Waals surface area contributed by atoms with Crippen molar-refractivity contribution in [2.24, 2.45) is 5.92 Å². The van der Waals surface area contributed by atoms with Crippen LogP contribution in [-0.4, -0.2) is 52.7 Å². The highest BCUT2D eigenvalue weighted by molar-refractivity contribution is 7.89. The van der Waals surface area contributed by atoms with Crippen molar-refractivity contribution < 1.29 is 13.2 Å². The first kappa shape index (κ1) is 15.9. The van der Waals surface area contributed by atoms with Crippen molar-refractivity contribution in [3.63, 3.8) is 0 Å². The van der Waals surface area contributed by atoms with Crippen molar-refractivity contribution in [2.75, 3.05) is 24.2 Å². The number of hydrogen-bond donors (Lipinski definition) is 2. The fourth-order valence-corrected chi connectivity index (χ4v) is 4.02. The van der Waals surface area contributed by atoms with Gasteiger partial charge in [-0.1, -0.05) is 13.3 Å². The van der Waals surface area contributed by atoms with Gasteiger partial charge in [0.25, 0.3) is 0 Å². The summed E-state index contributed by atoms with van der Waals surface area (Å²) >= 11 is 0. The van der Waals surface area contributed by atoms with Gasteiger partial charge in [0.05, 0.1) is 5.75 Å². The van der Waals surface area contributed by atoms with E-state index in [0.717, 1.165) is 6.42 Å². The fourth-order valence-electron chi connectivity index (χ4n) is 2.34. The number of hydrogen-bond acceptors (Lipinski definition) is 5. The zero-order valence-electron chi connectivity index (χ0n) is 12.1. The molecule has 0 aromatic carbocycles. The highest BCUT2D eigenvalue weighted by Crippen LogP contribution is 2.21. The molecule has 1 amide bonds. The number of sulfonamides is 1. The van der Waals surface area contributed by atoms with E-state index < -0.39 is 10.0 Å². The molecule has 1 fully saturated rings. The Morgan fingerprint density at radius 1 is 1.48 bits per heavy atom. The van der Waals surface area contributed by atoms with E-state index in [0.29, 0.717) is 38.3 Å². The molecule has 1 aromatic heterocycles. The molecule has 0 atom stereocenters. The van der Waals surface area contributed by atoms with Crippen molar-refractivity contribution >= 4 is 21.9 Å². The molecule has 0 aliphatic carbocycles. The second-order valence-electron chi connectivity index (χ2n) is 5.17. The van der Waals surface area contributed by atoms with Gasteiger partial charge in [0.15, 0.2) is 0 Å². The molecular formula is C12H21N5O3S. The molecule has 0 spiro atoms. The van der Waals surface area contributed by atoms with Crippen molar-refractivity contribution in [3.8, 4) is 0 Å². The van der Waals surface area contributed by atoms with Gasteiger partial charge in [0, 0.05) is 19.0 Å². The van der Waals surface area contributed by atoms with Crippen LogP contribution in [0.5, 0.6) is 0 Å². The third-order valence-electron chi connectivity index (χ3n) is 3.63. The Kier molecular flexibility index (Phi) is 5.29. The number of amides is 1. The molecule has 21 heavy (non-hydrogen) atoms. The van der Waals surface area contributed by atoms with E-state index in [2.05, 4.69) is 20.5 Å². The lowest BCUT2D eigenvalue weighted by molar-refractivity contribution is -0.121. The lowest BCUT2D eigenvalue weighted by Crippen LogP contribution is -2.42. The van der Waals surface area contributed by atoms with Crippen LogP contribution in [0.4, 0.5) is 5.95 Å². The average molecular weight is 315 g/mol. The van der Waals surface area contributed by atoms with Crippen LogP contribution in [0, 0.1) is 5.92 Å². The number of carbonyl (C=O) groups is 1. The summed E-state index contributed by atoms with van der Waals surface area (Å²) in [4.78, 5) is 15.9. The smallest absolute Gasteiger partial charge is 0.229 e. The van der Waals surface area contributed by atoms with Gasteiger partial charge >= 0.3 is 0 Å². The zero-order chi connectivity index (χ0) is 15.3. The van der Waals surface area contributed by atoms with Gasteiger partial charge in [-0.05, 0) is 19.3 Å². The quantitative estimate of drug-likeness (QED) is 0.798. The first-order valence-corrected chi connectivity index (χ1v) is 8.78.